The molecule has 1 fully saturated rings. The van der Waals surface area contributed by atoms with E-state index in [0.29, 0.717) is 11.1 Å². The minimum absolute atomic E-state index is 0.0792. The van der Waals surface area contributed by atoms with Gasteiger partial charge in [-0.3, -0.25) is 9.69 Å². The minimum atomic E-state index is -1.09. The first-order valence-corrected chi connectivity index (χ1v) is 7.65. The zero-order chi connectivity index (χ0) is 17.3. The topological polar surface area (TPSA) is 73.2 Å². The molecule has 2 aromatic carbocycles. The van der Waals surface area contributed by atoms with E-state index < -0.39 is 11.6 Å². The summed E-state index contributed by atoms with van der Waals surface area (Å²) in [6.07, 6.45) is 0. The van der Waals surface area contributed by atoms with Crippen LogP contribution in [-0.2, 0) is 16.9 Å². The lowest BCUT2D eigenvalue weighted by Crippen LogP contribution is -2.40. The number of aryl methyl sites for hydroxylation is 1. The van der Waals surface area contributed by atoms with Crippen LogP contribution in [-0.4, -0.2) is 16.8 Å². The second-order valence-electron chi connectivity index (χ2n) is 6.08. The van der Waals surface area contributed by atoms with Crippen LogP contribution >= 0.6 is 0 Å². The van der Waals surface area contributed by atoms with Crippen LogP contribution in [0.1, 0.15) is 29.2 Å². The summed E-state index contributed by atoms with van der Waals surface area (Å²) in [5, 5.41) is 12.0. The Kier molecular flexibility index (Phi) is 3.82. The van der Waals surface area contributed by atoms with Crippen LogP contribution in [0, 0.1) is 18.3 Å². The molecule has 5 heteroatoms. The third-order valence-corrected chi connectivity index (χ3v) is 4.37. The van der Waals surface area contributed by atoms with E-state index in [9.17, 15) is 14.9 Å². The molecule has 0 unspecified atom stereocenters. The monoisotopic (exact) mass is 319 g/mol. The number of urea groups is 1. The lowest BCUT2D eigenvalue weighted by atomic mass is 9.91. The van der Waals surface area contributed by atoms with Gasteiger partial charge in [-0.15, -0.1) is 0 Å². The number of nitrogens with one attached hydrogen (secondary N) is 1. The second-order valence-corrected chi connectivity index (χ2v) is 6.08. The van der Waals surface area contributed by atoms with E-state index in [1.165, 1.54) is 0 Å². The molecular formula is C19H17N3O2. The predicted octanol–water partition coefficient (Wildman–Crippen LogP) is 2.83. The summed E-state index contributed by atoms with van der Waals surface area (Å²) in [6, 6.07) is 16.1. The molecule has 0 spiro atoms. The average Bonchev–Trinajstić information content (AvgIpc) is 2.80. The molecule has 2 aromatic rings. The van der Waals surface area contributed by atoms with Crippen molar-refractivity contribution in [2.45, 2.75) is 25.9 Å². The van der Waals surface area contributed by atoms with Crippen molar-refractivity contribution in [3.63, 3.8) is 0 Å². The molecule has 24 heavy (non-hydrogen) atoms. The van der Waals surface area contributed by atoms with E-state index in [2.05, 4.69) is 11.4 Å². The van der Waals surface area contributed by atoms with Gasteiger partial charge in [0.1, 0.15) is 5.54 Å². The van der Waals surface area contributed by atoms with Crippen molar-refractivity contribution in [3.05, 3.63) is 70.8 Å². The third kappa shape index (κ3) is 2.52. The van der Waals surface area contributed by atoms with E-state index in [0.717, 1.165) is 16.0 Å². The fraction of sp³-hybridized carbons (Fsp3) is 0.211. The molecule has 0 radical (unpaired) electrons. The Balaban J connectivity index is 1.92. The number of benzene rings is 2. The maximum atomic E-state index is 12.9. The molecule has 3 amide bonds. The molecular weight excluding hydrogens is 302 g/mol. The van der Waals surface area contributed by atoms with Crippen molar-refractivity contribution in [3.8, 4) is 6.07 Å². The second kappa shape index (κ2) is 5.82. The van der Waals surface area contributed by atoms with Gasteiger partial charge in [0.25, 0.3) is 5.91 Å². The summed E-state index contributed by atoms with van der Waals surface area (Å²) in [5.74, 6) is -0.316. The van der Waals surface area contributed by atoms with E-state index in [4.69, 9.17) is 0 Å². The number of imide groups is 1. The van der Waals surface area contributed by atoms with Crippen LogP contribution in [0.4, 0.5) is 4.79 Å². The first-order valence-electron chi connectivity index (χ1n) is 7.65. The van der Waals surface area contributed by atoms with Gasteiger partial charge in [-0.05, 0) is 31.0 Å². The summed E-state index contributed by atoms with van der Waals surface area (Å²) in [6.45, 7) is 3.75. The molecule has 1 aliphatic rings. The van der Waals surface area contributed by atoms with Gasteiger partial charge in [0.15, 0.2) is 0 Å². The van der Waals surface area contributed by atoms with E-state index in [1.54, 1.807) is 31.2 Å². The first kappa shape index (κ1) is 15.8. The van der Waals surface area contributed by atoms with Crippen LogP contribution in [0.2, 0.25) is 0 Å². The summed E-state index contributed by atoms with van der Waals surface area (Å²) in [4.78, 5) is 26.4. The fourth-order valence-corrected chi connectivity index (χ4v) is 2.86. The highest BCUT2D eigenvalue weighted by atomic mass is 16.2. The quantitative estimate of drug-likeness (QED) is 0.884. The van der Waals surface area contributed by atoms with E-state index in [1.807, 2.05) is 31.2 Å². The Bertz CT molecular complexity index is 852. The van der Waals surface area contributed by atoms with Gasteiger partial charge in [-0.1, -0.05) is 48.0 Å². The first-order chi connectivity index (χ1) is 11.5. The molecule has 0 bridgehead atoms. The molecule has 3 rings (SSSR count). The predicted molar refractivity (Wildman–Crippen MR) is 88.8 cm³/mol. The molecule has 120 valence electrons. The number of hydrogen-bond acceptors (Lipinski definition) is 3. The number of carbonyl (C=O) groups is 2. The Morgan fingerprint density at radius 1 is 1.12 bits per heavy atom. The van der Waals surface area contributed by atoms with Crippen molar-refractivity contribution >= 4 is 11.9 Å². The molecule has 5 nitrogen and oxygen atoms in total. The smallest absolute Gasteiger partial charge is 0.319 e. The molecule has 0 aromatic heterocycles. The third-order valence-electron chi connectivity index (χ3n) is 4.37. The number of nitrogens with zero attached hydrogens (tertiary/aromatic N) is 2. The zero-order valence-corrected chi connectivity index (χ0v) is 13.5. The van der Waals surface area contributed by atoms with Crippen molar-refractivity contribution in [1.82, 2.24) is 10.2 Å². The van der Waals surface area contributed by atoms with Gasteiger partial charge in [-0.25, -0.2) is 4.79 Å². The maximum absolute atomic E-state index is 12.9. The van der Waals surface area contributed by atoms with Crippen molar-refractivity contribution < 1.29 is 9.59 Å². The summed E-state index contributed by atoms with van der Waals surface area (Å²) < 4.78 is 0. The molecule has 1 N–H and O–H groups in total. The standard InChI is InChI=1S/C19H17N3O2/c1-13-7-9-16(10-8-13)19(2)17(23)22(18(24)21-19)12-15-6-4-3-5-14(15)11-20/h3-10H,12H2,1-2H3,(H,21,24)/t19-/m1/s1. The van der Waals surface area contributed by atoms with Gasteiger partial charge in [0.2, 0.25) is 0 Å². The Labute approximate surface area is 140 Å². The van der Waals surface area contributed by atoms with Gasteiger partial charge in [0.05, 0.1) is 18.2 Å². The van der Waals surface area contributed by atoms with Gasteiger partial charge >= 0.3 is 6.03 Å². The van der Waals surface area contributed by atoms with Gasteiger partial charge < -0.3 is 5.32 Å². The highest BCUT2D eigenvalue weighted by Gasteiger charge is 2.48. The van der Waals surface area contributed by atoms with Crippen LogP contribution < -0.4 is 5.32 Å². The number of amides is 3. The molecule has 1 aliphatic heterocycles. The van der Waals surface area contributed by atoms with Crippen molar-refractivity contribution in [1.29, 1.82) is 5.26 Å². The highest BCUT2D eigenvalue weighted by molar-refractivity contribution is 6.07. The van der Waals surface area contributed by atoms with Crippen molar-refractivity contribution in [2.75, 3.05) is 0 Å². The number of nitriles is 1. The van der Waals surface area contributed by atoms with Crippen LogP contribution in [0.5, 0.6) is 0 Å². The lowest BCUT2D eigenvalue weighted by Gasteiger charge is -2.22. The van der Waals surface area contributed by atoms with E-state index in [-0.39, 0.29) is 12.5 Å². The minimum Gasteiger partial charge on any atom is -0.319 e. The Hall–Kier alpha value is -3.13. The Morgan fingerprint density at radius 2 is 1.79 bits per heavy atom. The SMILES string of the molecule is Cc1ccc([C@@]2(C)NC(=O)N(Cc3ccccc3C#N)C2=O)cc1. The van der Waals surface area contributed by atoms with Gasteiger partial charge in [0, 0.05) is 0 Å². The molecule has 0 aliphatic carbocycles. The zero-order valence-electron chi connectivity index (χ0n) is 13.5. The maximum Gasteiger partial charge on any atom is 0.325 e. The molecule has 1 atom stereocenters. The normalized spacial score (nSPS) is 20.0. The molecule has 0 saturated carbocycles. The largest absolute Gasteiger partial charge is 0.325 e. The number of hydrogen-bond donors (Lipinski definition) is 1. The van der Waals surface area contributed by atoms with Gasteiger partial charge in [-0.2, -0.15) is 5.26 Å². The molecule has 1 heterocycles. The molecule has 1 saturated heterocycles. The highest BCUT2D eigenvalue weighted by Crippen LogP contribution is 2.30. The fourth-order valence-electron chi connectivity index (χ4n) is 2.86. The average molecular weight is 319 g/mol. The van der Waals surface area contributed by atoms with Crippen LogP contribution in [0.25, 0.3) is 0 Å². The summed E-state index contributed by atoms with van der Waals surface area (Å²) >= 11 is 0. The number of carbonyl (C=O) groups excluding carboxylic acids is 2. The lowest BCUT2D eigenvalue weighted by molar-refractivity contribution is -0.131. The Morgan fingerprint density at radius 3 is 2.46 bits per heavy atom. The summed E-state index contributed by atoms with van der Waals surface area (Å²) in [7, 11) is 0. The van der Waals surface area contributed by atoms with Crippen LogP contribution in [0.15, 0.2) is 48.5 Å². The van der Waals surface area contributed by atoms with Crippen molar-refractivity contribution in [2.24, 2.45) is 0 Å². The summed E-state index contributed by atoms with van der Waals surface area (Å²) in [5.41, 5.74) is 1.84. The van der Waals surface area contributed by atoms with Crippen LogP contribution in [0.3, 0.4) is 0 Å². The number of rotatable bonds is 3. The van der Waals surface area contributed by atoms with E-state index >= 15 is 0 Å².